The molecule has 1 atom stereocenters. The number of carbonyl (C=O) groups excluding carboxylic acids is 2. The average molecular weight is 364 g/mol. The summed E-state index contributed by atoms with van der Waals surface area (Å²) >= 11 is 0. The first-order chi connectivity index (χ1) is 12.5. The van der Waals surface area contributed by atoms with Crippen LogP contribution in [0, 0.1) is 11.7 Å². The van der Waals surface area contributed by atoms with Gasteiger partial charge in [0.15, 0.2) is 0 Å². The number of benzene rings is 1. The molecule has 0 bridgehead atoms. The smallest absolute Gasteiger partial charge is 0.225 e. The summed E-state index contributed by atoms with van der Waals surface area (Å²) in [7, 11) is 0. The summed E-state index contributed by atoms with van der Waals surface area (Å²) in [5, 5.41) is 2.92. The van der Waals surface area contributed by atoms with Gasteiger partial charge in [0.05, 0.1) is 12.5 Å². The van der Waals surface area contributed by atoms with Crippen LogP contribution in [-0.4, -0.2) is 42.5 Å². The van der Waals surface area contributed by atoms with Gasteiger partial charge in [-0.05, 0) is 49.9 Å². The first-order valence-electron chi connectivity index (χ1n) is 9.50. The zero-order valence-electron chi connectivity index (χ0n) is 15.7. The molecule has 1 aliphatic heterocycles. The Morgan fingerprint density at radius 2 is 1.96 bits per heavy atom. The molecule has 2 amide bonds. The molecule has 0 aromatic heterocycles. The molecule has 1 aromatic rings. The molecule has 6 heteroatoms. The molecule has 0 aliphatic carbocycles. The van der Waals surface area contributed by atoms with Gasteiger partial charge >= 0.3 is 0 Å². The summed E-state index contributed by atoms with van der Waals surface area (Å²) in [5.41, 5.74) is 0. The number of hydrogen-bond donors (Lipinski definition) is 1. The van der Waals surface area contributed by atoms with Gasteiger partial charge in [-0.3, -0.25) is 9.59 Å². The summed E-state index contributed by atoms with van der Waals surface area (Å²) in [6.45, 7) is 5.77. The Kier molecular flexibility index (Phi) is 7.88. The maximum atomic E-state index is 12.8. The Morgan fingerprint density at radius 1 is 1.27 bits per heavy atom. The van der Waals surface area contributed by atoms with Crippen molar-refractivity contribution in [1.82, 2.24) is 10.2 Å². The number of rotatable bonds is 10. The summed E-state index contributed by atoms with van der Waals surface area (Å²) in [4.78, 5) is 26.3. The van der Waals surface area contributed by atoms with Crippen LogP contribution in [0.4, 0.5) is 4.39 Å². The number of halogens is 1. The number of hydrogen-bond acceptors (Lipinski definition) is 3. The predicted molar refractivity (Wildman–Crippen MR) is 98.3 cm³/mol. The van der Waals surface area contributed by atoms with Crippen molar-refractivity contribution in [2.45, 2.75) is 52.0 Å². The van der Waals surface area contributed by atoms with Gasteiger partial charge in [-0.25, -0.2) is 4.39 Å². The number of nitrogens with zero attached hydrogens (tertiary/aromatic N) is 1. The number of carbonyl (C=O) groups is 2. The first-order valence-corrected chi connectivity index (χ1v) is 9.50. The molecule has 0 radical (unpaired) electrons. The lowest BCUT2D eigenvalue weighted by Crippen LogP contribution is -2.38. The summed E-state index contributed by atoms with van der Waals surface area (Å²) < 4.78 is 18.3. The van der Waals surface area contributed by atoms with Crippen molar-refractivity contribution in [3.05, 3.63) is 30.1 Å². The normalized spacial score (nSPS) is 17.0. The second-order valence-electron chi connectivity index (χ2n) is 6.72. The number of unbranched alkanes of at least 4 members (excludes halogenated alkanes) is 1. The second kappa shape index (κ2) is 10.1. The van der Waals surface area contributed by atoms with E-state index in [9.17, 15) is 14.0 Å². The van der Waals surface area contributed by atoms with Crippen molar-refractivity contribution in [2.75, 3.05) is 19.7 Å². The average Bonchev–Trinajstić information content (AvgIpc) is 3.02. The van der Waals surface area contributed by atoms with E-state index in [1.54, 1.807) is 12.1 Å². The third-order valence-electron chi connectivity index (χ3n) is 4.87. The zero-order chi connectivity index (χ0) is 18.9. The van der Waals surface area contributed by atoms with E-state index in [4.69, 9.17) is 4.74 Å². The molecule has 0 spiro atoms. The van der Waals surface area contributed by atoms with Crippen molar-refractivity contribution in [1.29, 1.82) is 0 Å². The summed E-state index contributed by atoms with van der Waals surface area (Å²) in [6.07, 6.45) is 3.75. The van der Waals surface area contributed by atoms with Crippen LogP contribution in [0.25, 0.3) is 0 Å². The lowest BCUT2D eigenvalue weighted by molar-refractivity contribution is -0.130. The first kappa shape index (κ1) is 20.2. The van der Waals surface area contributed by atoms with E-state index >= 15 is 0 Å². The predicted octanol–water partition coefficient (Wildman–Crippen LogP) is 3.14. The molecule has 2 rings (SSSR count). The minimum atomic E-state index is -0.284. The van der Waals surface area contributed by atoms with E-state index in [-0.39, 0.29) is 29.6 Å². The van der Waals surface area contributed by atoms with E-state index in [0.717, 1.165) is 25.7 Å². The van der Waals surface area contributed by atoms with Crippen LogP contribution in [0.2, 0.25) is 0 Å². The van der Waals surface area contributed by atoms with Crippen LogP contribution < -0.4 is 10.1 Å². The van der Waals surface area contributed by atoms with Crippen molar-refractivity contribution in [3.8, 4) is 5.75 Å². The number of nitrogens with one attached hydrogen (secondary N) is 1. The highest BCUT2D eigenvalue weighted by Gasteiger charge is 2.36. The standard InChI is InChI=1S/C20H29FN2O3/c1-3-17(4-2)23-14-15(13-19(23)24)20(25)22-11-5-6-12-26-18-9-7-16(21)8-10-18/h7-10,15,17H,3-6,11-14H2,1-2H3,(H,22,25). The molecule has 1 saturated heterocycles. The van der Waals surface area contributed by atoms with Gasteiger partial charge in [0.2, 0.25) is 11.8 Å². The van der Waals surface area contributed by atoms with E-state index in [1.807, 2.05) is 4.90 Å². The second-order valence-corrected chi connectivity index (χ2v) is 6.72. The zero-order valence-corrected chi connectivity index (χ0v) is 15.7. The summed E-state index contributed by atoms with van der Waals surface area (Å²) in [6, 6.07) is 6.16. The van der Waals surface area contributed by atoms with Gasteiger partial charge < -0.3 is 15.0 Å². The molecule has 1 aromatic carbocycles. The molecule has 1 unspecified atom stereocenters. The maximum Gasteiger partial charge on any atom is 0.225 e. The van der Waals surface area contributed by atoms with Crippen LogP contribution in [-0.2, 0) is 9.59 Å². The van der Waals surface area contributed by atoms with Gasteiger partial charge in [-0.1, -0.05) is 13.8 Å². The molecule has 144 valence electrons. The van der Waals surface area contributed by atoms with Gasteiger partial charge in [-0.15, -0.1) is 0 Å². The Labute approximate surface area is 154 Å². The highest BCUT2D eigenvalue weighted by atomic mass is 19.1. The number of amides is 2. The largest absolute Gasteiger partial charge is 0.494 e. The van der Waals surface area contributed by atoms with Crippen molar-refractivity contribution >= 4 is 11.8 Å². The van der Waals surface area contributed by atoms with E-state index in [1.165, 1.54) is 12.1 Å². The van der Waals surface area contributed by atoms with E-state index < -0.39 is 0 Å². The van der Waals surface area contributed by atoms with Crippen molar-refractivity contribution in [2.24, 2.45) is 5.92 Å². The van der Waals surface area contributed by atoms with Crippen LogP contribution in [0.15, 0.2) is 24.3 Å². The lowest BCUT2D eigenvalue weighted by atomic mass is 10.1. The van der Waals surface area contributed by atoms with Crippen LogP contribution in [0.5, 0.6) is 5.75 Å². The summed E-state index contributed by atoms with van der Waals surface area (Å²) in [5.74, 6) is 0.172. The topological polar surface area (TPSA) is 58.6 Å². The molecular weight excluding hydrogens is 335 g/mol. The van der Waals surface area contributed by atoms with Crippen LogP contribution >= 0.6 is 0 Å². The maximum absolute atomic E-state index is 12.8. The Bertz CT molecular complexity index is 587. The van der Waals surface area contributed by atoms with Crippen molar-refractivity contribution < 1.29 is 18.7 Å². The molecule has 26 heavy (non-hydrogen) atoms. The quantitative estimate of drug-likeness (QED) is 0.649. The molecule has 1 fully saturated rings. The Hall–Kier alpha value is -2.11. The number of ether oxygens (including phenoxy) is 1. The highest BCUT2D eigenvalue weighted by molar-refractivity contribution is 5.89. The lowest BCUT2D eigenvalue weighted by Gasteiger charge is -2.26. The van der Waals surface area contributed by atoms with Crippen molar-refractivity contribution in [3.63, 3.8) is 0 Å². The Balaban J connectivity index is 1.61. The van der Waals surface area contributed by atoms with E-state index in [0.29, 0.717) is 31.9 Å². The van der Waals surface area contributed by atoms with Gasteiger partial charge in [-0.2, -0.15) is 0 Å². The molecule has 1 heterocycles. The molecule has 0 saturated carbocycles. The fraction of sp³-hybridized carbons (Fsp3) is 0.600. The SMILES string of the molecule is CCC(CC)N1CC(C(=O)NCCCCOc2ccc(F)cc2)CC1=O. The minimum absolute atomic E-state index is 0.0359. The fourth-order valence-corrected chi connectivity index (χ4v) is 3.29. The molecule has 1 aliphatic rings. The molecular formula is C20H29FN2O3. The third kappa shape index (κ3) is 5.71. The number of likely N-dealkylation sites (tertiary alicyclic amines) is 1. The molecule has 5 nitrogen and oxygen atoms in total. The monoisotopic (exact) mass is 364 g/mol. The van der Waals surface area contributed by atoms with Gasteiger partial charge in [0.25, 0.3) is 0 Å². The minimum Gasteiger partial charge on any atom is -0.494 e. The van der Waals surface area contributed by atoms with Crippen LogP contribution in [0.3, 0.4) is 0 Å². The van der Waals surface area contributed by atoms with Gasteiger partial charge in [0, 0.05) is 25.6 Å². The van der Waals surface area contributed by atoms with Crippen LogP contribution in [0.1, 0.15) is 46.0 Å². The van der Waals surface area contributed by atoms with Gasteiger partial charge in [0.1, 0.15) is 11.6 Å². The fourth-order valence-electron chi connectivity index (χ4n) is 3.29. The van der Waals surface area contributed by atoms with E-state index in [2.05, 4.69) is 19.2 Å². The Morgan fingerprint density at radius 3 is 2.62 bits per heavy atom. The third-order valence-corrected chi connectivity index (χ3v) is 4.87. The highest BCUT2D eigenvalue weighted by Crippen LogP contribution is 2.23. The molecule has 1 N–H and O–H groups in total.